The van der Waals surface area contributed by atoms with Crippen LogP contribution in [0.1, 0.15) is 28.8 Å². The Labute approximate surface area is 123 Å². The van der Waals surface area contributed by atoms with Gasteiger partial charge < -0.3 is 10.0 Å². The van der Waals surface area contributed by atoms with E-state index < -0.39 is 11.9 Å². The van der Waals surface area contributed by atoms with Gasteiger partial charge in [0.25, 0.3) is 5.91 Å². The lowest BCUT2D eigenvalue weighted by Gasteiger charge is -2.30. The van der Waals surface area contributed by atoms with Crippen molar-refractivity contribution in [3.8, 4) is 0 Å². The fourth-order valence-electron chi connectivity index (χ4n) is 2.46. The Balaban J connectivity index is 2.04. The number of nitrogens with zero attached hydrogens (tertiary/aromatic N) is 1. The van der Waals surface area contributed by atoms with Crippen LogP contribution < -0.4 is 0 Å². The van der Waals surface area contributed by atoms with Crippen molar-refractivity contribution in [3.63, 3.8) is 0 Å². The Morgan fingerprint density at radius 2 is 2.05 bits per heavy atom. The Morgan fingerprint density at radius 3 is 2.65 bits per heavy atom. The van der Waals surface area contributed by atoms with E-state index in [2.05, 4.69) is 0 Å². The van der Waals surface area contributed by atoms with E-state index in [-0.39, 0.29) is 5.91 Å². The molecule has 4 nitrogen and oxygen atoms in total. The maximum atomic E-state index is 12.4. The van der Waals surface area contributed by atoms with Crippen molar-refractivity contribution in [1.82, 2.24) is 4.90 Å². The van der Waals surface area contributed by atoms with Gasteiger partial charge in [-0.15, -0.1) is 0 Å². The number of aliphatic carboxylic acids is 1. The van der Waals surface area contributed by atoms with Gasteiger partial charge in [-0.1, -0.05) is 12.1 Å². The van der Waals surface area contributed by atoms with Crippen LogP contribution in [0.4, 0.5) is 0 Å². The second-order valence-corrected chi connectivity index (χ2v) is 5.92. The maximum absolute atomic E-state index is 12.4. The van der Waals surface area contributed by atoms with Crippen LogP contribution in [-0.4, -0.2) is 41.2 Å². The lowest BCUT2D eigenvalue weighted by molar-refractivity contribution is -0.143. The Morgan fingerprint density at radius 1 is 1.35 bits per heavy atom. The minimum atomic E-state index is -0.808. The molecule has 5 heteroatoms. The molecule has 1 heterocycles. The number of thioether (sulfide) groups is 1. The van der Waals surface area contributed by atoms with E-state index in [0.717, 1.165) is 12.2 Å². The minimum Gasteiger partial charge on any atom is -0.481 e. The van der Waals surface area contributed by atoms with E-state index in [1.807, 2.05) is 30.5 Å². The summed E-state index contributed by atoms with van der Waals surface area (Å²) in [7, 11) is 0. The number of carbonyl (C=O) groups is 2. The van der Waals surface area contributed by atoms with Gasteiger partial charge in [-0.3, -0.25) is 9.59 Å². The minimum absolute atomic E-state index is 0.0633. The zero-order valence-corrected chi connectivity index (χ0v) is 12.4. The second kappa shape index (κ2) is 6.79. The van der Waals surface area contributed by atoms with Gasteiger partial charge in [-0.25, -0.2) is 0 Å². The fraction of sp³-hybridized carbons (Fsp3) is 0.467. The Bertz CT molecular complexity index is 486. The molecule has 0 saturated carbocycles. The van der Waals surface area contributed by atoms with Gasteiger partial charge in [0.15, 0.2) is 0 Å². The van der Waals surface area contributed by atoms with Gasteiger partial charge in [0, 0.05) is 24.4 Å². The molecule has 1 aromatic rings. The van der Waals surface area contributed by atoms with Gasteiger partial charge >= 0.3 is 5.97 Å². The molecule has 108 valence electrons. The third-order valence-corrected chi connectivity index (χ3v) is 4.19. The molecule has 1 aliphatic heterocycles. The largest absolute Gasteiger partial charge is 0.481 e. The van der Waals surface area contributed by atoms with E-state index in [0.29, 0.717) is 25.1 Å². The lowest BCUT2D eigenvalue weighted by atomic mass is 9.97. The summed E-state index contributed by atoms with van der Waals surface area (Å²) in [6.07, 6.45) is 3.46. The number of hydrogen-bond acceptors (Lipinski definition) is 3. The van der Waals surface area contributed by atoms with Crippen LogP contribution in [0.15, 0.2) is 24.3 Å². The van der Waals surface area contributed by atoms with Crippen molar-refractivity contribution in [2.24, 2.45) is 5.92 Å². The molecule has 1 amide bonds. The van der Waals surface area contributed by atoms with Crippen molar-refractivity contribution < 1.29 is 14.7 Å². The van der Waals surface area contributed by atoms with E-state index in [1.54, 1.807) is 16.7 Å². The average Bonchev–Trinajstić information content (AvgIpc) is 2.48. The first kappa shape index (κ1) is 14.9. The third kappa shape index (κ3) is 3.54. The molecule has 1 aliphatic rings. The third-order valence-electron chi connectivity index (χ3n) is 3.57. The first-order valence-corrected chi connectivity index (χ1v) is 8.11. The lowest BCUT2D eigenvalue weighted by Crippen LogP contribution is -2.42. The van der Waals surface area contributed by atoms with Crippen molar-refractivity contribution in [1.29, 1.82) is 0 Å². The normalized spacial score (nSPS) is 18.9. The van der Waals surface area contributed by atoms with Crippen molar-refractivity contribution in [3.05, 3.63) is 35.4 Å². The van der Waals surface area contributed by atoms with Crippen molar-refractivity contribution in [2.45, 2.75) is 18.6 Å². The van der Waals surface area contributed by atoms with Crippen molar-refractivity contribution >= 4 is 23.6 Å². The number of carboxylic acids is 1. The molecule has 1 atom stereocenters. The molecule has 0 aliphatic carbocycles. The summed E-state index contributed by atoms with van der Waals surface area (Å²) in [5.74, 6) is -0.368. The van der Waals surface area contributed by atoms with E-state index >= 15 is 0 Å². The predicted molar refractivity (Wildman–Crippen MR) is 79.9 cm³/mol. The van der Waals surface area contributed by atoms with Gasteiger partial charge in [-0.2, -0.15) is 11.8 Å². The van der Waals surface area contributed by atoms with Crippen LogP contribution in [0.5, 0.6) is 0 Å². The second-order valence-electron chi connectivity index (χ2n) is 5.06. The highest BCUT2D eigenvalue weighted by molar-refractivity contribution is 7.97. The maximum Gasteiger partial charge on any atom is 0.308 e. The van der Waals surface area contributed by atoms with E-state index in [9.17, 15) is 9.59 Å². The number of benzene rings is 1. The summed E-state index contributed by atoms with van der Waals surface area (Å²) in [5.41, 5.74) is 1.83. The smallest absolute Gasteiger partial charge is 0.308 e. The quantitative estimate of drug-likeness (QED) is 0.926. The highest BCUT2D eigenvalue weighted by Crippen LogP contribution is 2.19. The number of amides is 1. The topological polar surface area (TPSA) is 57.6 Å². The Hall–Kier alpha value is -1.49. The number of likely N-dealkylation sites (tertiary alicyclic amines) is 1. The fourth-order valence-corrected chi connectivity index (χ4v) is 2.98. The molecular weight excluding hydrogens is 274 g/mol. The summed E-state index contributed by atoms with van der Waals surface area (Å²) < 4.78 is 0. The summed E-state index contributed by atoms with van der Waals surface area (Å²) in [6.45, 7) is 0.968. The zero-order valence-electron chi connectivity index (χ0n) is 11.5. The highest BCUT2D eigenvalue weighted by atomic mass is 32.2. The molecule has 0 bridgehead atoms. The number of hydrogen-bond donors (Lipinski definition) is 1. The zero-order chi connectivity index (χ0) is 14.5. The molecule has 1 saturated heterocycles. The molecule has 2 rings (SSSR count). The highest BCUT2D eigenvalue weighted by Gasteiger charge is 2.28. The molecule has 1 N–H and O–H groups in total. The number of carboxylic acid groups (broad SMARTS) is 1. The van der Waals surface area contributed by atoms with Crippen LogP contribution in [0.2, 0.25) is 0 Å². The molecule has 0 spiro atoms. The predicted octanol–water partition coefficient (Wildman–Crippen LogP) is 2.49. The molecule has 0 aromatic heterocycles. The molecule has 1 aromatic carbocycles. The average molecular weight is 293 g/mol. The van der Waals surface area contributed by atoms with Crippen LogP contribution in [0, 0.1) is 5.92 Å². The number of piperidine rings is 1. The standard InChI is InChI=1S/C15H19NO3S/c1-20-10-11-4-6-12(7-5-11)14(17)16-8-2-3-13(9-16)15(18)19/h4-7,13H,2-3,8-10H2,1H3,(H,18,19). The Kier molecular flexibility index (Phi) is 5.06. The van der Waals surface area contributed by atoms with Gasteiger partial charge in [0.1, 0.15) is 0 Å². The summed E-state index contributed by atoms with van der Waals surface area (Å²) >= 11 is 1.74. The summed E-state index contributed by atoms with van der Waals surface area (Å²) in [4.78, 5) is 25.1. The van der Waals surface area contributed by atoms with Crippen LogP contribution in [0.25, 0.3) is 0 Å². The van der Waals surface area contributed by atoms with Crippen LogP contribution in [-0.2, 0) is 10.5 Å². The molecule has 0 radical (unpaired) electrons. The number of rotatable bonds is 4. The molecule has 1 unspecified atom stereocenters. The van der Waals surface area contributed by atoms with Gasteiger partial charge in [0.2, 0.25) is 0 Å². The SMILES string of the molecule is CSCc1ccc(C(=O)N2CCCC(C(=O)O)C2)cc1. The first-order valence-electron chi connectivity index (χ1n) is 6.71. The summed E-state index contributed by atoms with van der Waals surface area (Å²) in [6, 6.07) is 7.58. The van der Waals surface area contributed by atoms with Gasteiger partial charge in [0.05, 0.1) is 5.92 Å². The molecular formula is C15H19NO3S. The molecule has 20 heavy (non-hydrogen) atoms. The summed E-state index contributed by atoms with van der Waals surface area (Å²) in [5, 5.41) is 9.06. The van der Waals surface area contributed by atoms with Crippen LogP contribution >= 0.6 is 11.8 Å². The van der Waals surface area contributed by atoms with Gasteiger partial charge in [-0.05, 0) is 36.8 Å². The van der Waals surface area contributed by atoms with E-state index in [1.165, 1.54) is 5.56 Å². The van der Waals surface area contributed by atoms with E-state index in [4.69, 9.17) is 5.11 Å². The first-order chi connectivity index (χ1) is 9.61. The van der Waals surface area contributed by atoms with Crippen LogP contribution in [0.3, 0.4) is 0 Å². The van der Waals surface area contributed by atoms with Crippen molar-refractivity contribution in [2.75, 3.05) is 19.3 Å². The monoisotopic (exact) mass is 293 g/mol. The number of carbonyl (C=O) groups excluding carboxylic acids is 1. The molecule has 1 fully saturated rings.